The van der Waals surface area contributed by atoms with Gasteiger partial charge in [-0.1, -0.05) is 11.6 Å². The van der Waals surface area contributed by atoms with Crippen molar-refractivity contribution >= 4 is 23.5 Å². The lowest BCUT2D eigenvalue weighted by Crippen LogP contribution is -2.43. The number of hydrogen-bond donors (Lipinski definition) is 3. The number of benzene rings is 1. The number of halogens is 3. The summed E-state index contributed by atoms with van der Waals surface area (Å²) in [6.07, 6.45) is 0. The molecule has 0 spiro atoms. The Bertz CT molecular complexity index is 1010. The maximum absolute atomic E-state index is 13.8. The van der Waals surface area contributed by atoms with Crippen molar-refractivity contribution in [1.29, 1.82) is 0 Å². The molecule has 0 aliphatic heterocycles. The molecule has 0 bridgehead atoms. The van der Waals surface area contributed by atoms with E-state index >= 15 is 0 Å². The SMILES string of the molecule is CC(C)n1c(NCCNC(=O)C(C)(C)O)nc(OCc2ccc(F)cc2F)c(Cl)c1=O. The van der Waals surface area contributed by atoms with Crippen LogP contribution in [-0.2, 0) is 11.4 Å². The van der Waals surface area contributed by atoms with Gasteiger partial charge in [0.2, 0.25) is 11.8 Å². The molecule has 0 aliphatic carbocycles. The Morgan fingerprint density at radius 3 is 2.58 bits per heavy atom. The Kier molecular flexibility index (Phi) is 7.96. The summed E-state index contributed by atoms with van der Waals surface area (Å²) in [5.41, 5.74) is -2.02. The molecule has 8 nitrogen and oxygen atoms in total. The number of nitrogens with one attached hydrogen (secondary N) is 2. The number of aromatic nitrogens is 2. The van der Waals surface area contributed by atoms with Gasteiger partial charge in [-0.3, -0.25) is 14.2 Å². The highest BCUT2D eigenvalue weighted by atomic mass is 35.5. The molecule has 0 aliphatic rings. The van der Waals surface area contributed by atoms with Gasteiger partial charge in [0, 0.05) is 30.8 Å². The van der Waals surface area contributed by atoms with Gasteiger partial charge in [0.05, 0.1) is 0 Å². The Labute approximate surface area is 183 Å². The topological polar surface area (TPSA) is 105 Å². The van der Waals surface area contributed by atoms with Crippen LogP contribution in [0.5, 0.6) is 5.88 Å². The van der Waals surface area contributed by atoms with Crippen LogP contribution in [0.25, 0.3) is 0 Å². The zero-order chi connectivity index (χ0) is 23.3. The standard InChI is InChI=1S/C20H25ClF2N4O4/c1-11(2)27-17(28)15(21)16(31-10-12-5-6-13(22)9-14(12)23)26-19(27)25-8-7-24-18(29)20(3,4)30/h5-6,9,11,30H,7-8,10H2,1-4H3,(H,24,29)(H,25,26). The summed E-state index contributed by atoms with van der Waals surface area (Å²) in [7, 11) is 0. The summed E-state index contributed by atoms with van der Waals surface area (Å²) in [4.78, 5) is 28.6. The third kappa shape index (κ3) is 6.38. The Morgan fingerprint density at radius 2 is 2.00 bits per heavy atom. The predicted octanol–water partition coefficient (Wildman–Crippen LogP) is 2.63. The molecule has 1 aromatic carbocycles. The summed E-state index contributed by atoms with van der Waals surface area (Å²) >= 11 is 6.11. The number of amides is 1. The van der Waals surface area contributed by atoms with Crippen LogP contribution in [0.15, 0.2) is 23.0 Å². The Balaban J connectivity index is 2.19. The molecule has 1 aromatic heterocycles. The fourth-order valence-corrected chi connectivity index (χ4v) is 2.73. The van der Waals surface area contributed by atoms with Crippen LogP contribution in [0, 0.1) is 11.6 Å². The fraction of sp³-hybridized carbons (Fsp3) is 0.450. The minimum Gasteiger partial charge on any atom is -0.471 e. The van der Waals surface area contributed by atoms with E-state index in [-0.39, 0.29) is 48.2 Å². The lowest BCUT2D eigenvalue weighted by atomic mass is 10.1. The van der Waals surface area contributed by atoms with Gasteiger partial charge in [0.25, 0.3) is 11.5 Å². The molecule has 170 valence electrons. The van der Waals surface area contributed by atoms with Gasteiger partial charge in [0.15, 0.2) is 5.02 Å². The smallest absolute Gasteiger partial charge is 0.277 e. The number of aliphatic hydroxyl groups is 1. The molecule has 0 saturated heterocycles. The van der Waals surface area contributed by atoms with Gasteiger partial charge in [-0.15, -0.1) is 0 Å². The van der Waals surface area contributed by atoms with E-state index in [0.29, 0.717) is 0 Å². The monoisotopic (exact) mass is 458 g/mol. The number of ether oxygens (including phenoxy) is 1. The average molecular weight is 459 g/mol. The van der Waals surface area contributed by atoms with E-state index in [1.54, 1.807) is 13.8 Å². The maximum atomic E-state index is 13.8. The predicted molar refractivity (Wildman–Crippen MR) is 112 cm³/mol. The first-order chi connectivity index (χ1) is 14.4. The summed E-state index contributed by atoms with van der Waals surface area (Å²) in [6.45, 7) is 6.27. The first kappa shape index (κ1) is 24.5. The van der Waals surface area contributed by atoms with Crippen LogP contribution in [0.4, 0.5) is 14.7 Å². The molecular formula is C20H25ClF2N4O4. The van der Waals surface area contributed by atoms with Gasteiger partial charge in [0.1, 0.15) is 23.8 Å². The third-order valence-electron chi connectivity index (χ3n) is 4.18. The van der Waals surface area contributed by atoms with Crippen LogP contribution in [-0.4, -0.2) is 39.3 Å². The minimum atomic E-state index is -1.52. The number of carbonyl (C=O) groups excluding carboxylic acids is 1. The number of anilines is 1. The van der Waals surface area contributed by atoms with Crippen molar-refractivity contribution in [1.82, 2.24) is 14.9 Å². The molecule has 0 fully saturated rings. The van der Waals surface area contributed by atoms with E-state index < -0.39 is 28.7 Å². The number of hydrogen-bond acceptors (Lipinski definition) is 6. The van der Waals surface area contributed by atoms with Gasteiger partial charge in [-0.2, -0.15) is 4.98 Å². The highest BCUT2D eigenvalue weighted by molar-refractivity contribution is 6.31. The molecule has 3 N–H and O–H groups in total. The van der Waals surface area contributed by atoms with E-state index in [4.69, 9.17) is 16.3 Å². The molecule has 1 heterocycles. The molecule has 0 atom stereocenters. The second kappa shape index (κ2) is 10.1. The van der Waals surface area contributed by atoms with Crippen LogP contribution in [0.3, 0.4) is 0 Å². The van der Waals surface area contributed by atoms with Crippen molar-refractivity contribution in [3.05, 3.63) is 50.8 Å². The fourth-order valence-electron chi connectivity index (χ4n) is 2.54. The quantitative estimate of drug-likeness (QED) is 0.499. The van der Waals surface area contributed by atoms with Crippen molar-refractivity contribution in [2.24, 2.45) is 0 Å². The van der Waals surface area contributed by atoms with Crippen LogP contribution >= 0.6 is 11.6 Å². The van der Waals surface area contributed by atoms with Crippen molar-refractivity contribution in [3.63, 3.8) is 0 Å². The number of nitrogens with zero attached hydrogens (tertiary/aromatic N) is 2. The molecule has 0 unspecified atom stereocenters. The highest BCUT2D eigenvalue weighted by Crippen LogP contribution is 2.23. The van der Waals surface area contributed by atoms with Crippen molar-refractivity contribution in [2.75, 3.05) is 18.4 Å². The van der Waals surface area contributed by atoms with Gasteiger partial charge < -0.3 is 20.5 Å². The Hall–Kier alpha value is -2.72. The number of carbonyl (C=O) groups is 1. The highest BCUT2D eigenvalue weighted by Gasteiger charge is 2.23. The molecule has 2 rings (SSSR count). The van der Waals surface area contributed by atoms with E-state index in [1.165, 1.54) is 24.5 Å². The summed E-state index contributed by atoms with van der Waals surface area (Å²) in [5.74, 6) is -2.15. The van der Waals surface area contributed by atoms with E-state index in [2.05, 4.69) is 15.6 Å². The summed E-state index contributed by atoms with van der Waals surface area (Å²) < 4.78 is 33.6. The van der Waals surface area contributed by atoms with Crippen molar-refractivity contribution in [3.8, 4) is 5.88 Å². The molecule has 1 amide bonds. The third-order valence-corrected chi connectivity index (χ3v) is 4.50. The van der Waals surface area contributed by atoms with Gasteiger partial charge in [-0.05, 0) is 39.8 Å². The zero-order valence-electron chi connectivity index (χ0n) is 17.6. The van der Waals surface area contributed by atoms with Crippen LogP contribution < -0.4 is 20.9 Å². The second-order valence-electron chi connectivity index (χ2n) is 7.59. The molecular weight excluding hydrogens is 434 g/mol. The van der Waals surface area contributed by atoms with Crippen LogP contribution in [0.1, 0.15) is 39.3 Å². The largest absolute Gasteiger partial charge is 0.471 e. The maximum Gasteiger partial charge on any atom is 0.277 e. The van der Waals surface area contributed by atoms with E-state index in [1.807, 2.05) is 0 Å². The number of rotatable bonds is 9. The van der Waals surface area contributed by atoms with E-state index in [9.17, 15) is 23.5 Å². The summed E-state index contributed by atoms with van der Waals surface area (Å²) in [5, 5.41) is 14.8. The molecule has 11 heteroatoms. The second-order valence-corrected chi connectivity index (χ2v) is 7.97. The molecule has 0 radical (unpaired) electrons. The lowest BCUT2D eigenvalue weighted by Gasteiger charge is -2.20. The first-order valence-corrected chi connectivity index (χ1v) is 9.93. The molecule has 2 aromatic rings. The Morgan fingerprint density at radius 1 is 1.32 bits per heavy atom. The molecule has 31 heavy (non-hydrogen) atoms. The normalized spacial score (nSPS) is 11.5. The van der Waals surface area contributed by atoms with Crippen LogP contribution in [0.2, 0.25) is 5.02 Å². The minimum absolute atomic E-state index is 0.0659. The lowest BCUT2D eigenvalue weighted by molar-refractivity contribution is -0.136. The average Bonchev–Trinajstić information content (AvgIpc) is 2.66. The molecule has 0 saturated carbocycles. The zero-order valence-corrected chi connectivity index (χ0v) is 18.4. The van der Waals surface area contributed by atoms with Crippen molar-refractivity contribution < 1.29 is 23.4 Å². The van der Waals surface area contributed by atoms with Gasteiger partial charge in [-0.25, -0.2) is 8.78 Å². The van der Waals surface area contributed by atoms with Gasteiger partial charge >= 0.3 is 0 Å². The van der Waals surface area contributed by atoms with Crippen molar-refractivity contribution in [2.45, 2.75) is 45.9 Å². The summed E-state index contributed by atoms with van der Waals surface area (Å²) in [6, 6.07) is 2.73. The first-order valence-electron chi connectivity index (χ1n) is 9.55. The van der Waals surface area contributed by atoms with E-state index in [0.717, 1.165) is 12.1 Å².